The van der Waals surface area contributed by atoms with Gasteiger partial charge in [0.05, 0.1) is 5.75 Å². The van der Waals surface area contributed by atoms with E-state index < -0.39 is 9.84 Å². The topological polar surface area (TPSA) is 46.2 Å². The Morgan fingerprint density at radius 1 is 1.27 bits per heavy atom. The molecule has 4 heteroatoms. The molecule has 0 heterocycles. The Morgan fingerprint density at radius 3 is 2.20 bits per heavy atom. The lowest BCUT2D eigenvalue weighted by Gasteiger charge is -2.20. The second-order valence-electron chi connectivity index (χ2n) is 5.36. The first-order valence-electron chi connectivity index (χ1n) is 5.60. The van der Waals surface area contributed by atoms with Crippen LogP contribution in [0.25, 0.3) is 0 Å². The molecule has 0 rings (SSSR count). The molecule has 15 heavy (non-hydrogen) atoms. The zero-order valence-corrected chi connectivity index (χ0v) is 11.4. The molecular weight excluding hydrogens is 210 g/mol. The molecule has 0 aromatic heterocycles. The number of sulfone groups is 1. The number of rotatable bonds is 6. The van der Waals surface area contributed by atoms with Crippen molar-refractivity contribution in [3.8, 4) is 0 Å². The normalized spacial score (nSPS) is 15.3. The van der Waals surface area contributed by atoms with Crippen LogP contribution < -0.4 is 5.32 Å². The lowest BCUT2D eigenvalue weighted by Crippen LogP contribution is -2.35. The summed E-state index contributed by atoms with van der Waals surface area (Å²) in [6.45, 7) is 11.0. The summed E-state index contributed by atoms with van der Waals surface area (Å²) >= 11 is 0. The van der Waals surface area contributed by atoms with Crippen molar-refractivity contribution in [2.75, 3.05) is 18.1 Å². The predicted octanol–water partition coefficient (Wildman–Crippen LogP) is 1.84. The zero-order valence-electron chi connectivity index (χ0n) is 10.6. The van der Waals surface area contributed by atoms with E-state index in [1.807, 2.05) is 6.92 Å². The molecule has 1 atom stereocenters. The molecule has 0 saturated heterocycles. The van der Waals surface area contributed by atoms with Crippen LogP contribution in [0.2, 0.25) is 0 Å². The van der Waals surface area contributed by atoms with Gasteiger partial charge in [0.15, 0.2) is 9.84 Å². The van der Waals surface area contributed by atoms with Crippen molar-refractivity contribution in [2.45, 2.75) is 47.1 Å². The van der Waals surface area contributed by atoms with E-state index in [-0.39, 0.29) is 17.5 Å². The van der Waals surface area contributed by atoms with E-state index in [1.165, 1.54) is 0 Å². The van der Waals surface area contributed by atoms with Crippen LogP contribution in [-0.4, -0.2) is 32.5 Å². The molecule has 0 fully saturated rings. The van der Waals surface area contributed by atoms with Gasteiger partial charge in [-0.25, -0.2) is 8.42 Å². The van der Waals surface area contributed by atoms with Crippen LogP contribution in [0.5, 0.6) is 0 Å². The quantitative estimate of drug-likeness (QED) is 0.764. The van der Waals surface area contributed by atoms with Gasteiger partial charge in [0.25, 0.3) is 0 Å². The highest BCUT2D eigenvalue weighted by Crippen LogP contribution is 2.17. The van der Waals surface area contributed by atoms with Crippen LogP contribution in [0, 0.1) is 5.41 Å². The molecule has 3 nitrogen and oxygen atoms in total. The molecule has 0 aliphatic rings. The molecule has 92 valence electrons. The lowest BCUT2D eigenvalue weighted by molar-refractivity contribution is 0.360. The highest BCUT2D eigenvalue weighted by molar-refractivity contribution is 7.91. The van der Waals surface area contributed by atoms with Crippen LogP contribution in [0.15, 0.2) is 0 Å². The van der Waals surface area contributed by atoms with E-state index >= 15 is 0 Å². The van der Waals surface area contributed by atoms with E-state index in [1.54, 1.807) is 6.92 Å². The van der Waals surface area contributed by atoms with Crippen LogP contribution in [0.4, 0.5) is 0 Å². The fraction of sp³-hybridized carbons (Fsp3) is 1.00. The van der Waals surface area contributed by atoms with Gasteiger partial charge in [0.2, 0.25) is 0 Å². The third kappa shape index (κ3) is 8.88. The lowest BCUT2D eigenvalue weighted by atomic mass is 9.92. The van der Waals surface area contributed by atoms with Gasteiger partial charge in [-0.2, -0.15) is 0 Å². The Bertz CT molecular complexity index is 265. The van der Waals surface area contributed by atoms with Crippen LogP contribution in [0.1, 0.15) is 41.0 Å². The second-order valence-corrected chi connectivity index (χ2v) is 7.76. The molecule has 0 saturated carbocycles. The van der Waals surface area contributed by atoms with Gasteiger partial charge in [0.1, 0.15) is 0 Å². The molecule has 0 aromatic carbocycles. The van der Waals surface area contributed by atoms with Gasteiger partial charge >= 0.3 is 0 Å². The molecule has 0 aliphatic heterocycles. The van der Waals surface area contributed by atoms with Crippen molar-refractivity contribution in [3.63, 3.8) is 0 Å². The second kappa shape index (κ2) is 5.85. The monoisotopic (exact) mass is 235 g/mol. The van der Waals surface area contributed by atoms with Crippen LogP contribution in [-0.2, 0) is 9.84 Å². The first-order valence-corrected chi connectivity index (χ1v) is 7.42. The summed E-state index contributed by atoms with van der Waals surface area (Å²) in [4.78, 5) is 0. The van der Waals surface area contributed by atoms with Crippen molar-refractivity contribution >= 4 is 9.84 Å². The van der Waals surface area contributed by atoms with Gasteiger partial charge in [-0.3, -0.25) is 0 Å². The molecule has 0 aliphatic carbocycles. The Hall–Kier alpha value is -0.0900. The number of hydrogen-bond donors (Lipinski definition) is 1. The standard InChI is InChI=1S/C11H25NO2S/c1-6-15(13,14)9-10(2)12-8-7-11(3,4)5/h10,12H,6-9H2,1-5H3. The molecule has 1 N–H and O–H groups in total. The maximum Gasteiger partial charge on any atom is 0.151 e. The summed E-state index contributed by atoms with van der Waals surface area (Å²) in [6, 6.07) is 0.0531. The number of nitrogens with one attached hydrogen (secondary N) is 1. The summed E-state index contributed by atoms with van der Waals surface area (Å²) in [5, 5.41) is 3.25. The molecule has 1 unspecified atom stereocenters. The third-order valence-electron chi connectivity index (χ3n) is 2.31. The number of hydrogen-bond acceptors (Lipinski definition) is 3. The minimum absolute atomic E-state index is 0.0531. The van der Waals surface area contributed by atoms with Crippen LogP contribution >= 0.6 is 0 Å². The SMILES string of the molecule is CCS(=O)(=O)CC(C)NCCC(C)(C)C. The van der Waals surface area contributed by atoms with E-state index in [0.29, 0.717) is 5.41 Å². The molecular formula is C11H25NO2S. The maximum atomic E-state index is 11.3. The Kier molecular flexibility index (Phi) is 5.81. The fourth-order valence-corrected chi connectivity index (χ4v) is 2.37. The third-order valence-corrected chi connectivity index (χ3v) is 4.20. The van der Waals surface area contributed by atoms with Crippen LogP contribution in [0.3, 0.4) is 0 Å². The summed E-state index contributed by atoms with van der Waals surface area (Å²) in [6.07, 6.45) is 1.06. The van der Waals surface area contributed by atoms with Gasteiger partial charge in [-0.1, -0.05) is 27.7 Å². The van der Waals surface area contributed by atoms with Crippen molar-refractivity contribution < 1.29 is 8.42 Å². The Labute approximate surface area is 94.6 Å². The maximum absolute atomic E-state index is 11.3. The largest absolute Gasteiger partial charge is 0.313 e. The van der Waals surface area contributed by atoms with Gasteiger partial charge < -0.3 is 5.32 Å². The Balaban J connectivity index is 3.82. The average molecular weight is 235 g/mol. The van der Waals surface area contributed by atoms with E-state index in [2.05, 4.69) is 26.1 Å². The van der Waals surface area contributed by atoms with Crippen molar-refractivity contribution in [3.05, 3.63) is 0 Å². The Morgan fingerprint density at radius 2 is 1.80 bits per heavy atom. The molecule has 0 amide bonds. The summed E-state index contributed by atoms with van der Waals surface area (Å²) in [5.41, 5.74) is 0.302. The molecule has 0 aromatic rings. The smallest absolute Gasteiger partial charge is 0.151 e. The minimum Gasteiger partial charge on any atom is -0.313 e. The molecule has 0 spiro atoms. The van der Waals surface area contributed by atoms with Crippen molar-refractivity contribution in [2.24, 2.45) is 5.41 Å². The molecule has 0 radical (unpaired) electrons. The molecule has 0 bridgehead atoms. The average Bonchev–Trinajstić information content (AvgIpc) is 2.00. The summed E-state index contributed by atoms with van der Waals surface area (Å²) < 4.78 is 22.7. The predicted molar refractivity (Wildman–Crippen MR) is 65.9 cm³/mol. The van der Waals surface area contributed by atoms with Crippen molar-refractivity contribution in [1.82, 2.24) is 5.32 Å². The summed E-state index contributed by atoms with van der Waals surface area (Å²) in [5.74, 6) is 0.478. The highest BCUT2D eigenvalue weighted by Gasteiger charge is 2.14. The van der Waals surface area contributed by atoms with Gasteiger partial charge in [0, 0.05) is 11.8 Å². The minimum atomic E-state index is -2.85. The first kappa shape index (κ1) is 14.9. The zero-order chi connectivity index (χ0) is 12.1. The summed E-state index contributed by atoms with van der Waals surface area (Å²) in [7, 11) is -2.85. The van der Waals surface area contributed by atoms with Gasteiger partial charge in [-0.15, -0.1) is 0 Å². The first-order chi connectivity index (χ1) is 6.66. The van der Waals surface area contributed by atoms with E-state index in [9.17, 15) is 8.42 Å². The van der Waals surface area contributed by atoms with Gasteiger partial charge in [-0.05, 0) is 25.3 Å². The van der Waals surface area contributed by atoms with E-state index in [0.717, 1.165) is 13.0 Å². The van der Waals surface area contributed by atoms with E-state index in [4.69, 9.17) is 0 Å². The van der Waals surface area contributed by atoms with Crippen molar-refractivity contribution in [1.29, 1.82) is 0 Å². The fourth-order valence-electron chi connectivity index (χ4n) is 1.25. The highest BCUT2D eigenvalue weighted by atomic mass is 32.2.